The fourth-order valence-electron chi connectivity index (χ4n) is 3.29. The number of aryl methyl sites for hydroxylation is 2. The van der Waals surface area contributed by atoms with Crippen LogP contribution in [0, 0.1) is 0 Å². The van der Waals surface area contributed by atoms with E-state index < -0.39 is 0 Å². The van der Waals surface area contributed by atoms with Crippen LogP contribution in [0.25, 0.3) is 0 Å². The van der Waals surface area contributed by atoms with E-state index in [0.29, 0.717) is 36.2 Å². The molecule has 0 aliphatic heterocycles. The van der Waals surface area contributed by atoms with Gasteiger partial charge in [-0.15, -0.1) is 0 Å². The van der Waals surface area contributed by atoms with Gasteiger partial charge in [-0.1, -0.05) is 17.7 Å². The Kier molecular flexibility index (Phi) is 7.91. The number of nitrogens with two attached hydrogens (primary N) is 1. The third-order valence-corrected chi connectivity index (χ3v) is 5.29. The molecule has 170 valence electrons. The van der Waals surface area contributed by atoms with E-state index in [1.807, 2.05) is 6.07 Å². The smallest absolute Gasteiger partial charge is 0.258 e. The van der Waals surface area contributed by atoms with Crippen molar-refractivity contribution in [3.63, 3.8) is 0 Å². The predicted octanol–water partition coefficient (Wildman–Crippen LogP) is 1.73. The van der Waals surface area contributed by atoms with Gasteiger partial charge in [-0.05, 0) is 29.3 Å². The maximum Gasteiger partial charge on any atom is 0.258 e. The molecule has 0 radical (unpaired) electrons. The van der Waals surface area contributed by atoms with Gasteiger partial charge < -0.3 is 25.1 Å². The van der Waals surface area contributed by atoms with Crippen molar-refractivity contribution in [2.24, 2.45) is 5.73 Å². The lowest BCUT2D eigenvalue weighted by atomic mass is 10.1. The number of ether oxygens (including phenoxy) is 2. The van der Waals surface area contributed by atoms with Gasteiger partial charge in [0.2, 0.25) is 5.91 Å². The van der Waals surface area contributed by atoms with Crippen molar-refractivity contribution in [3.8, 4) is 11.5 Å². The fourth-order valence-corrected chi connectivity index (χ4v) is 3.49. The first-order valence-electron chi connectivity index (χ1n) is 10.0. The molecular formula is C22H26ClN5O4. The highest BCUT2D eigenvalue weighted by Crippen LogP contribution is 2.17. The Bertz CT molecular complexity index is 1140. The zero-order chi connectivity index (χ0) is 23.1. The van der Waals surface area contributed by atoms with Gasteiger partial charge in [-0.25, -0.2) is 0 Å². The zero-order valence-electron chi connectivity index (χ0n) is 18.0. The summed E-state index contributed by atoms with van der Waals surface area (Å²) in [6, 6.07) is 7.03. The van der Waals surface area contributed by atoms with Crippen LogP contribution in [0.1, 0.15) is 16.7 Å². The maximum absolute atomic E-state index is 13.0. The topological polar surface area (TPSA) is 113 Å². The number of nitrogens with one attached hydrogen (secondary N) is 1. The molecule has 9 nitrogen and oxygen atoms in total. The summed E-state index contributed by atoms with van der Waals surface area (Å²) in [6.07, 6.45) is 4.87. The lowest BCUT2D eigenvalue weighted by molar-refractivity contribution is -0.120. The molecular weight excluding hydrogens is 434 g/mol. The summed E-state index contributed by atoms with van der Waals surface area (Å²) in [6.45, 7) is 1.45. The summed E-state index contributed by atoms with van der Waals surface area (Å²) in [4.78, 5) is 25.6. The van der Waals surface area contributed by atoms with E-state index >= 15 is 0 Å². The number of hydrogen-bond acceptors (Lipinski definition) is 6. The van der Waals surface area contributed by atoms with E-state index in [9.17, 15) is 9.59 Å². The van der Waals surface area contributed by atoms with Crippen molar-refractivity contribution in [2.45, 2.75) is 32.6 Å². The minimum Gasteiger partial charge on any atom is -0.496 e. The molecule has 3 aromatic rings. The van der Waals surface area contributed by atoms with Gasteiger partial charge in [0, 0.05) is 30.9 Å². The highest BCUT2D eigenvalue weighted by molar-refractivity contribution is 6.30. The van der Waals surface area contributed by atoms with Crippen molar-refractivity contribution in [3.05, 3.63) is 74.9 Å². The summed E-state index contributed by atoms with van der Waals surface area (Å²) in [7, 11) is 3.03. The molecule has 3 rings (SSSR count). The van der Waals surface area contributed by atoms with Crippen molar-refractivity contribution in [1.82, 2.24) is 19.7 Å². The van der Waals surface area contributed by atoms with Crippen molar-refractivity contribution >= 4 is 17.5 Å². The van der Waals surface area contributed by atoms with Crippen LogP contribution in [0.5, 0.6) is 11.5 Å². The van der Waals surface area contributed by atoms with E-state index in [-0.39, 0.29) is 30.0 Å². The molecule has 0 fully saturated rings. The molecule has 0 aliphatic carbocycles. The van der Waals surface area contributed by atoms with Crippen LogP contribution >= 0.6 is 11.6 Å². The second kappa shape index (κ2) is 10.8. The summed E-state index contributed by atoms with van der Waals surface area (Å²) in [5, 5.41) is 7.57. The standard InChI is InChI=1S/C22H26ClN5O4/c1-31-18-13-26-28(14-18)8-7-27-6-5-20(32-2)19(22(27)30)10-21(29)25-12-16-9-17(23)4-3-15(16)11-24/h3-6,9,13-14H,7-8,10-12,24H2,1-2H3,(H,25,29). The minimum atomic E-state index is -0.307. The Morgan fingerprint density at radius 2 is 2.00 bits per heavy atom. The number of hydrogen-bond donors (Lipinski definition) is 2. The fraction of sp³-hybridized carbons (Fsp3) is 0.318. The van der Waals surface area contributed by atoms with Crippen LogP contribution < -0.4 is 26.1 Å². The van der Waals surface area contributed by atoms with Crippen LogP contribution in [-0.4, -0.2) is 34.5 Å². The second-order valence-corrected chi connectivity index (χ2v) is 7.51. The van der Waals surface area contributed by atoms with Gasteiger partial charge in [-0.2, -0.15) is 5.10 Å². The number of aromatic nitrogens is 3. The van der Waals surface area contributed by atoms with Crippen molar-refractivity contribution < 1.29 is 14.3 Å². The average Bonchev–Trinajstić information content (AvgIpc) is 3.26. The number of carbonyl (C=O) groups is 1. The van der Waals surface area contributed by atoms with Gasteiger partial charge in [0.05, 0.1) is 45.1 Å². The minimum absolute atomic E-state index is 0.114. The molecule has 0 saturated carbocycles. The van der Waals surface area contributed by atoms with Gasteiger partial charge in [-0.3, -0.25) is 14.3 Å². The van der Waals surface area contributed by atoms with Gasteiger partial charge in [0.25, 0.3) is 5.56 Å². The van der Waals surface area contributed by atoms with Crippen molar-refractivity contribution in [2.75, 3.05) is 14.2 Å². The Balaban J connectivity index is 1.70. The van der Waals surface area contributed by atoms with E-state index in [1.54, 1.807) is 48.6 Å². The van der Waals surface area contributed by atoms with E-state index in [2.05, 4.69) is 10.4 Å². The first-order valence-corrected chi connectivity index (χ1v) is 10.4. The van der Waals surface area contributed by atoms with Gasteiger partial charge in [0.1, 0.15) is 5.75 Å². The van der Waals surface area contributed by atoms with Gasteiger partial charge in [0.15, 0.2) is 5.75 Å². The molecule has 2 aromatic heterocycles. The first kappa shape index (κ1) is 23.4. The average molecular weight is 460 g/mol. The third-order valence-electron chi connectivity index (χ3n) is 5.06. The molecule has 0 saturated heterocycles. The monoisotopic (exact) mass is 459 g/mol. The Hall–Kier alpha value is -3.30. The molecule has 2 heterocycles. The molecule has 0 bridgehead atoms. The highest BCUT2D eigenvalue weighted by Gasteiger charge is 2.16. The number of amides is 1. The van der Waals surface area contributed by atoms with E-state index in [0.717, 1.165) is 11.1 Å². The number of methoxy groups -OCH3 is 2. The number of benzene rings is 1. The van der Waals surface area contributed by atoms with Crippen LogP contribution in [-0.2, 0) is 37.4 Å². The Labute approximate surface area is 190 Å². The summed E-state index contributed by atoms with van der Waals surface area (Å²) >= 11 is 6.05. The molecule has 3 N–H and O–H groups in total. The summed E-state index contributed by atoms with van der Waals surface area (Å²) in [5.74, 6) is 0.701. The lowest BCUT2D eigenvalue weighted by Crippen LogP contribution is -2.31. The van der Waals surface area contributed by atoms with Gasteiger partial charge >= 0.3 is 0 Å². The second-order valence-electron chi connectivity index (χ2n) is 7.08. The van der Waals surface area contributed by atoms with Crippen LogP contribution in [0.4, 0.5) is 0 Å². The molecule has 10 heteroatoms. The summed E-state index contributed by atoms with van der Waals surface area (Å²) < 4.78 is 13.6. The van der Waals surface area contributed by atoms with Crippen LogP contribution in [0.2, 0.25) is 5.02 Å². The molecule has 1 amide bonds. The first-order chi connectivity index (χ1) is 15.4. The van der Waals surface area contributed by atoms with Crippen LogP contribution in [0.3, 0.4) is 0 Å². The summed E-state index contributed by atoms with van der Waals surface area (Å²) in [5.41, 5.74) is 7.48. The Morgan fingerprint density at radius 3 is 2.69 bits per heavy atom. The zero-order valence-corrected chi connectivity index (χ0v) is 18.8. The lowest BCUT2D eigenvalue weighted by Gasteiger charge is -2.13. The number of pyridine rings is 1. The molecule has 0 aliphatic rings. The Morgan fingerprint density at radius 1 is 1.19 bits per heavy atom. The SMILES string of the molecule is COc1cnn(CCn2ccc(OC)c(CC(=O)NCc3cc(Cl)ccc3CN)c2=O)c1. The number of halogens is 1. The largest absolute Gasteiger partial charge is 0.496 e. The van der Waals surface area contributed by atoms with Crippen LogP contribution in [0.15, 0.2) is 47.7 Å². The maximum atomic E-state index is 13.0. The molecule has 0 atom stereocenters. The quantitative estimate of drug-likeness (QED) is 0.477. The predicted molar refractivity (Wildman–Crippen MR) is 121 cm³/mol. The van der Waals surface area contributed by atoms with Crippen molar-refractivity contribution in [1.29, 1.82) is 0 Å². The number of rotatable bonds is 10. The molecule has 32 heavy (non-hydrogen) atoms. The third kappa shape index (κ3) is 5.68. The molecule has 1 aromatic carbocycles. The number of nitrogens with zero attached hydrogens (tertiary/aromatic N) is 3. The molecule has 0 spiro atoms. The number of carbonyl (C=O) groups excluding carboxylic acids is 1. The van der Waals surface area contributed by atoms with E-state index in [1.165, 1.54) is 11.7 Å². The molecule has 0 unspecified atom stereocenters. The highest BCUT2D eigenvalue weighted by atomic mass is 35.5. The van der Waals surface area contributed by atoms with E-state index in [4.69, 9.17) is 26.8 Å². The normalized spacial score (nSPS) is 10.8.